The number of nitrogens with one attached hydrogen (secondary N) is 2. The Kier molecular flexibility index (Phi) is 9.26. The predicted molar refractivity (Wildman–Crippen MR) is 157 cm³/mol. The van der Waals surface area contributed by atoms with Crippen molar-refractivity contribution in [1.29, 1.82) is 0 Å². The number of methoxy groups -OCH3 is 1. The molecule has 0 spiro atoms. The highest BCUT2D eigenvalue weighted by Crippen LogP contribution is 2.34. The first kappa shape index (κ1) is 28.6. The number of nitrogens with two attached hydrogens (primary N) is 1. The number of ether oxygens (including phenoxy) is 1. The third-order valence-electron chi connectivity index (χ3n) is 6.73. The van der Waals surface area contributed by atoms with Crippen molar-refractivity contribution in [2.75, 3.05) is 43.3 Å². The molecule has 4 aromatic rings. The molecule has 0 aliphatic heterocycles. The van der Waals surface area contributed by atoms with Gasteiger partial charge in [-0.05, 0) is 36.6 Å². The molecule has 2 aromatic carbocycles. The van der Waals surface area contributed by atoms with Crippen LogP contribution in [-0.4, -0.2) is 66.4 Å². The molecule has 0 bridgehead atoms. The van der Waals surface area contributed by atoms with E-state index in [-0.39, 0.29) is 24.3 Å². The molecular weight excluding hydrogens is 516 g/mol. The molecule has 0 unspecified atom stereocenters. The first-order valence-corrected chi connectivity index (χ1v) is 15.3. The zero-order valence-corrected chi connectivity index (χ0v) is 23.6. The van der Waals surface area contributed by atoms with Crippen LogP contribution in [-0.2, 0) is 22.9 Å². The van der Waals surface area contributed by atoms with Crippen LogP contribution in [0.4, 0.5) is 11.8 Å². The van der Waals surface area contributed by atoms with Gasteiger partial charge in [0.05, 0.1) is 24.9 Å². The highest BCUT2D eigenvalue weighted by atomic mass is 32.2. The summed E-state index contributed by atoms with van der Waals surface area (Å²) >= 11 is 0. The topological polar surface area (TPSA) is 144 Å². The summed E-state index contributed by atoms with van der Waals surface area (Å²) in [6.45, 7) is 3.60. The number of hydrogen-bond acceptors (Lipinski definition) is 9. The SMILES string of the molecule is CCC[C@@H](CCO)Nc1nc(N)nc2c3ccccc3n(Cc3cc(CNCCS(C)(=O)=O)ccc3OC)c12. The van der Waals surface area contributed by atoms with E-state index in [1.165, 1.54) is 6.26 Å². The van der Waals surface area contributed by atoms with Gasteiger partial charge in [-0.15, -0.1) is 0 Å². The van der Waals surface area contributed by atoms with E-state index in [9.17, 15) is 13.5 Å². The van der Waals surface area contributed by atoms with Gasteiger partial charge < -0.3 is 30.8 Å². The van der Waals surface area contributed by atoms with Gasteiger partial charge >= 0.3 is 0 Å². The summed E-state index contributed by atoms with van der Waals surface area (Å²) in [5.41, 5.74) is 10.7. The molecule has 0 saturated carbocycles. The number of fused-ring (bicyclic) bond motifs is 3. The number of benzene rings is 2. The third-order valence-corrected chi connectivity index (χ3v) is 7.67. The number of aromatic nitrogens is 3. The van der Waals surface area contributed by atoms with E-state index in [0.717, 1.165) is 51.7 Å². The first-order chi connectivity index (χ1) is 18.7. The number of aliphatic hydroxyl groups excluding tert-OH is 1. The Morgan fingerprint density at radius 2 is 1.95 bits per heavy atom. The average Bonchev–Trinajstić information content (AvgIpc) is 3.20. The normalized spacial score (nSPS) is 12.7. The molecule has 39 heavy (non-hydrogen) atoms. The van der Waals surface area contributed by atoms with Gasteiger partial charge in [-0.2, -0.15) is 4.98 Å². The molecule has 4 rings (SSSR count). The number of para-hydroxylation sites is 1. The van der Waals surface area contributed by atoms with Crippen LogP contribution in [0.1, 0.15) is 37.3 Å². The van der Waals surface area contributed by atoms with Crippen molar-refractivity contribution in [1.82, 2.24) is 19.9 Å². The van der Waals surface area contributed by atoms with Crippen molar-refractivity contribution in [3.63, 3.8) is 0 Å². The quantitative estimate of drug-likeness (QED) is 0.173. The lowest BCUT2D eigenvalue weighted by molar-refractivity contribution is 0.276. The summed E-state index contributed by atoms with van der Waals surface area (Å²) in [6, 6.07) is 14.1. The monoisotopic (exact) mass is 554 g/mol. The van der Waals surface area contributed by atoms with Crippen LogP contribution in [0.2, 0.25) is 0 Å². The van der Waals surface area contributed by atoms with Crippen LogP contribution in [0.15, 0.2) is 42.5 Å². The fourth-order valence-corrected chi connectivity index (χ4v) is 5.44. The van der Waals surface area contributed by atoms with E-state index in [4.69, 9.17) is 10.5 Å². The van der Waals surface area contributed by atoms with Crippen LogP contribution in [0.25, 0.3) is 21.9 Å². The van der Waals surface area contributed by atoms with E-state index in [2.05, 4.69) is 44.2 Å². The molecule has 10 nitrogen and oxygen atoms in total. The van der Waals surface area contributed by atoms with Crippen LogP contribution in [0.3, 0.4) is 0 Å². The zero-order valence-electron chi connectivity index (χ0n) is 22.8. The minimum Gasteiger partial charge on any atom is -0.496 e. The number of aliphatic hydroxyl groups is 1. The highest BCUT2D eigenvalue weighted by molar-refractivity contribution is 7.90. The molecule has 0 radical (unpaired) electrons. The second-order valence-corrected chi connectivity index (χ2v) is 12.1. The van der Waals surface area contributed by atoms with E-state index in [1.807, 2.05) is 30.3 Å². The molecule has 0 fully saturated rings. The summed E-state index contributed by atoms with van der Waals surface area (Å²) in [5.74, 6) is 1.66. The second kappa shape index (κ2) is 12.6. The largest absolute Gasteiger partial charge is 0.496 e. The van der Waals surface area contributed by atoms with Gasteiger partial charge in [-0.1, -0.05) is 37.6 Å². The molecule has 1 atom stereocenters. The lowest BCUT2D eigenvalue weighted by Crippen LogP contribution is -2.22. The second-order valence-electron chi connectivity index (χ2n) is 9.83. The van der Waals surface area contributed by atoms with Gasteiger partial charge in [0.2, 0.25) is 5.95 Å². The van der Waals surface area contributed by atoms with Gasteiger partial charge in [0.15, 0.2) is 5.82 Å². The molecule has 0 aliphatic rings. The number of nitrogens with zero attached hydrogens (tertiary/aromatic N) is 3. The van der Waals surface area contributed by atoms with Crippen LogP contribution in [0.5, 0.6) is 5.75 Å². The number of rotatable bonds is 14. The average molecular weight is 555 g/mol. The molecule has 0 aliphatic carbocycles. The maximum absolute atomic E-state index is 11.5. The van der Waals surface area contributed by atoms with Crippen molar-refractivity contribution < 1.29 is 18.3 Å². The minimum atomic E-state index is -3.02. The Labute approximate surface area is 229 Å². The summed E-state index contributed by atoms with van der Waals surface area (Å²) in [6.07, 6.45) is 3.68. The minimum absolute atomic E-state index is 0.0415. The van der Waals surface area contributed by atoms with Gasteiger partial charge in [0.1, 0.15) is 26.6 Å². The summed E-state index contributed by atoms with van der Waals surface area (Å²) in [7, 11) is -1.37. The fraction of sp³-hybridized carbons (Fsp3) is 0.429. The Bertz CT molecular complexity index is 1530. The summed E-state index contributed by atoms with van der Waals surface area (Å²) in [4.78, 5) is 9.22. The smallest absolute Gasteiger partial charge is 0.222 e. The first-order valence-electron chi connectivity index (χ1n) is 13.2. The Morgan fingerprint density at radius 3 is 2.67 bits per heavy atom. The van der Waals surface area contributed by atoms with Crippen molar-refractivity contribution in [3.05, 3.63) is 53.6 Å². The number of anilines is 2. The van der Waals surface area contributed by atoms with E-state index in [0.29, 0.717) is 31.9 Å². The lowest BCUT2D eigenvalue weighted by Gasteiger charge is -2.20. The Morgan fingerprint density at radius 1 is 1.15 bits per heavy atom. The van der Waals surface area contributed by atoms with E-state index >= 15 is 0 Å². The van der Waals surface area contributed by atoms with Crippen molar-refractivity contribution in [2.45, 2.75) is 45.3 Å². The van der Waals surface area contributed by atoms with Gasteiger partial charge in [-0.25, -0.2) is 13.4 Å². The van der Waals surface area contributed by atoms with E-state index in [1.54, 1.807) is 7.11 Å². The number of hydrogen-bond donors (Lipinski definition) is 4. The van der Waals surface area contributed by atoms with Crippen molar-refractivity contribution in [2.24, 2.45) is 0 Å². The summed E-state index contributed by atoms with van der Waals surface area (Å²) in [5, 5.41) is 17.3. The maximum atomic E-state index is 11.5. The van der Waals surface area contributed by atoms with Crippen molar-refractivity contribution >= 4 is 43.5 Å². The Balaban J connectivity index is 1.77. The fourth-order valence-electron chi connectivity index (χ4n) is 4.92. The molecule has 210 valence electrons. The van der Waals surface area contributed by atoms with Crippen LogP contribution in [0, 0.1) is 0 Å². The molecule has 2 aromatic heterocycles. The van der Waals surface area contributed by atoms with Gasteiger partial charge in [0, 0.05) is 42.9 Å². The Hall–Kier alpha value is -3.41. The van der Waals surface area contributed by atoms with Crippen LogP contribution >= 0.6 is 0 Å². The third kappa shape index (κ3) is 6.97. The standard InChI is InChI=1S/C28H38N6O4S/c1-4-7-21(12-14-35)31-27-26-25(32-28(29)33-27)22-8-5-6-9-23(22)34(26)18-20-16-19(10-11-24(20)38-2)17-30-13-15-39(3,36)37/h5-6,8-11,16,21,30,35H,4,7,12-15,17-18H2,1-3H3,(H3,29,31,32,33)/t21-/m0/s1. The lowest BCUT2D eigenvalue weighted by atomic mass is 10.1. The van der Waals surface area contributed by atoms with Crippen LogP contribution < -0.4 is 21.1 Å². The molecule has 5 N–H and O–H groups in total. The number of nitrogen functional groups attached to an aromatic ring is 1. The number of sulfone groups is 1. The zero-order chi connectivity index (χ0) is 28.0. The van der Waals surface area contributed by atoms with Gasteiger partial charge in [0.25, 0.3) is 0 Å². The van der Waals surface area contributed by atoms with Gasteiger partial charge in [-0.3, -0.25) is 0 Å². The molecule has 2 heterocycles. The molecule has 11 heteroatoms. The predicted octanol–water partition coefficient (Wildman–Crippen LogP) is 3.32. The summed E-state index contributed by atoms with van der Waals surface area (Å²) < 4.78 is 30.8. The molecular formula is C28H38N6O4S. The van der Waals surface area contributed by atoms with Crippen molar-refractivity contribution in [3.8, 4) is 5.75 Å². The highest BCUT2D eigenvalue weighted by Gasteiger charge is 2.21. The molecule has 0 amide bonds. The maximum Gasteiger partial charge on any atom is 0.222 e. The molecule has 0 saturated heterocycles. The van der Waals surface area contributed by atoms with E-state index < -0.39 is 9.84 Å².